The molecule has 0 saturated carbocycles. The topological polar surface area (TPSA) is 228 Å². The van der Waals surface area contributed by atoms with Crippen molar-refractivity contribution in [3.8, 4) is 0 Å². The minimum absolute atomic E-state index is 0.243. The monoisotopic (exact) mass is 1220 g/mol. The summed E-state index contributed by atoms with van der Waals surface area (Å²) in [7, 11) is 0. The van der Waals surface area contributed by atoms with Gasteiger partial charge in [0.1, 0.15) is 48.8 Å². The molecule has 2 aliphatic heterocycles. The van der Waals surface area contributed by atoms with Crippen molar-refractivity contribution in [2.24, 2.45) is 0 Å². The smallest absolute Gasteiger partial charge is 0.220 e. The number of aliphatic hydroxyl groups excluding tert-OH is 8. The molecule has 2 fully saturated rings. The Bertz CT molecular complexity index is 1580. The second-order valence-electron chi connectivity index (χ2n) is 25.7. The molecule has 12 atom stereocenters. The molecular weight excluding hydrogens is 1090 g/mol. The van der Waals surface area contributed by atoms with Gasteiger partial charge in [-0.05, 0) is 57.8 Å². The van der Waals surface area contributed by atoms with Crippen LogP contribution in [0.5, 0.6) is 0 Å². The lowest BCUT2D eigenvalue weighted by molar-refractivity contribution is -0.359. The third-order valence-corrected chi connectivity index (χ3v) is 17.8. The van der Waals surface area contributed by atoms with E-state index in [1.165, 1.54) is 257 Å². The molecule has 2 saturated heterocycles. The van der Waals surface area contributed by atoms with Gasteiger partial charge in [0.25, 0.3) is 0 Å². The van der Waals surface area contributed by atoms with Crippen LogP contribution in [0.4, 0.5) is 0 Å². The highest BCUT2D eigenvalue weighted by atomic mass is 16.7. The van der Waals surface area contributed by atoms with Crippen molar-refractivity contribution in [3.63, 3.8) is 0 Å². The Kier molecular flexibility index (Phi) is 53.4. The lowest BCUT2D eigenvalue weighted by Gasteiger charge is -2.46. The number of carbonyl (C=O) groups is 1. The third kappa shape index (κ3) is 40.8. The predicted octanol–water partition coefficient (Wildman–Crippen LogP) is 14.9. The van der Waals surface area contributed by atoms with Gasteiger partial charge in [-0.2, -0.15) is 0 Å². The van der Waals surface area contributed by atoms with Gasteiger partial charge in [0.05, 0.1) is 32.0 Å². The molecule has 2 aliphatic rings. The van der Waals surface area contributed by atoms with Gasteiger partial charge in [-0.3, -0.25) is 4.79 Å². The van der Waals surface area contributed by atoms with E-state index in [1.807, 2.05) is 6.08 Å². The van der Waals surface area contributed by atoms with E-state index in [0.29, 0.717) is 12.8 Å². The molecular formula is C72H135NO13. The first-order valence-corrected chi connectivity index (χ1v) is 36.2. The molecule has 506 valence electrons. The molecule has 0 aromatic heterocycles. The Hall–Kier alpha value is -1.79. The van der Waals surface area contributed by atoms with Crippen LogP contribution in [0.1, 0.15) is 322 Å². The summed E-state index contributed by atoms with van der Waals surface area (Å²) in [5.41, 5.74) is 0. The lowest BCUT2D eigenvalue weighted by atomic mass is 9.97. The summed E-state index contributed by atoms with van der Waals surface area (Å²) in [6, 6.07) is -0.930. The first-order valence-electron chi connectivity index (χ1n) is 36.2. The molecule has 0 aromatic rings. The lowest BCUT2D eigenvalue weighted by Crippen LogP contribution is -2.65. The maximum atomic E-state index is 13.3. The first kappa shape index (κ1) is 80.3. The molecule has 9 N–H and O–H groups in total. The van der Waals surface area contributed by atoms with Gasteiger partial charge in [-0.25, -0.2) is 0 Å². The fourth-order valence-corrected chi connectivity index (χ4v) is 12.0. The molecule has 14 nitrogen and oxygen atoms in total. The largest absolute Gasteiger partial charge is 0.394 e. The van der Waals surface area contributed by atoms with E-state index in [4.69, 9.17) is 18.9 Å². The van der Waals surface area contributed by atoms with E-state index in [1.54, 1.807) is 6.08 Å². The maximum absolute atomic E-state index is 13.3. The van der Waals surface area contributed by atoms with Crippen LogP contribution in [-0.2, 0) is 23.7 Å². The number of hydrogen-bond acceptors (Lipinski definition) is 13. The van der Waals surface area contributed by atoms with E-state index in [9.17, 15) is 45.6 Å². The standard InChI is InChI=1S/C72H135NO13/c1-3-5-7-9-11-13-15-17-19-21-22-23-24-25-26-27-28-29-30-31-32-33-34-35-36-37-38-40-42-44-46-48-50-52-54-56-64(77)73-60(61(76)55-53-51-49-47-45-43-41-39-20-18-16-14-12-10-8-6-4-2)59-83-71-69(82)67(80)70(63(58-75)85-71)86-72-68(81)66(79)65(78)62(57-74)84-72/h21-22,45,47,53,55,60-63,65-72,74-76,78-82H,3-20,23-44,46,48-52,54,56-59H2,1-2H3,(H,73,77)/b22-21-,47-45+,55-53+. The predicted molar refractivity (Wildman–Crippen MR) is 351 cm³/mol. The second kappa shape index (κ2) is 57.1. The number of amides is 1. The summed E-state index contributed by atoms with van der Waals surface area (Å²) in [5.74, 6) is -0.243. The maximum Gasteiger partial charge on any atom is 0.220 e. The van der Waals surface area contributed by atoms with Crippen LogP contribution in [0, 0.1) is 0 Å². The van der Waals surface area contributed by atoms with Crippen molar-refractivity contribution < 1.29 is 64.6 Å². The number of hydrogen-bond donors (Lipinski definition) is 9. The minimum Gasteiger partial charge on any atom is -0.394 e. The van der Waals surface area contributed by atoms with Crippen molar-refractivity contribution >= 4 is 5.91 Å². The zero-order valence-electron chi connectivity index (χ0n) is 55.1. The molecule has 14 heteroatoms. The van der Waals surface area contributed by atoms with E-state index in [-0.39, 0.29) is 18.9 Å². The van der Waals surface area contributed by atoms with Crippen LogP contribution >= 0.6 is 0 Å². The molecule has 0 aromatic carbocycles. The minimum atomic E-state index is -1.79. The second-order valence-corrected chi connectivity index (χ2v) is 25.7. The fourth-order valence-electron chi connectivity index (χ4n) is 12.0. The Morgan fingerprint density at radius 2 is 0.744 bits per heavy atom. The number of unbranched alkanes of at least 4 members (excludes halogenated alkanes) is 43. The summed E-state index contributed by atoms with van der Waals surface area (Å²) < 4.78 is 22.8. The average Bonchev–Trinajstić information content (AvgIpc) is 2.46. The normalized spacial score (nSPS) is 23.6. The van der Waals surface area contributed by atoms with Gasteiger partial charge < -0.3 is 65.1 Å². The van der Waals surface area contributed by atoms with Gasteiger partial charge in [0, 0.05) is 6.42 Å². The Balaban J connectivity index is 1.61. The number of carbonyl (C=O) groups excluding carboxylic acids is 1. The highest BCUT2D eigenvalue weighted by Gasteiger charge is 2.51. The summed E-state index contributed by atoms with van der Waals surface area (Å²) in [4.78, 5) is 13.3. The molecule has 2 heterocycles. The zero-order valence-corrected chi connectivity index (χ0v) is 55.1. The van der Waals surface area contributed by atoms with Crippen molar-refractivity contribution in [2.75, 3.05) is 19.8 Å². The first-order chi connectivity index (χ1) is 42.1. The molecule has 2 rings (SSSR count). The zero-order chi connectivity index (χ0) is 62.3. The number of allylic oxidation sites excluding steroid dienone is 5. The van der Waals surface area contributed by atoms with E-state index >= 15 is 0 Å². The van der Waals surface area contributed by atoms with Gasteiger partial charge in [-0.1, -0.05) is 294 Å². The number of nitrogens with one attached hydrogen (secondary N) is 1. The molecule has 1 amide bonds. The molecule has 0 aliphatic carbocycles. The van der Waals surface area contributed by atoms with Crippen LogP contribution in [0.25, 0.3) is 0 Å². The van der Waals surface area contributed by atoms with Crippen LogP contribution in [-0.4, -0.2) is 140 Å². The van der Waals surface area contributed by atoms with Crippen LogP contribution in [0.2, 0.25) is 0 Å². The molecule has 0 spiro atoms. The SMILES string of the molecule is CCCCCCCCCC/C=C\CCCCCCCCCCCCCCCCCCCCCCCCCC(=O)NC(COC1OC(CO)C(OC2OC(CO)C(O)C(O)C2O)C(O)C1O)C(O)/C=C/CC/C=C/CCCCCCCCCCCCC. The van der Waals surface area contributed by atoms with E-state index < -0.39 is 86.8 Å². The number of aliphatic hydroxyl groups is 8. The van der Waals surface area contributed by atoms with Gasteiger partial charge >= 0.3 is 0 Å². The molecule has 12 unspecified atom stereocenters. The quantitative estimate of drug-likeness (QED) is 0.0204. The average molecular weight is 1220 g/mol. The van der Waals surface area contributed by atoms with Crippen LogP contribution in [0.15, 0.2) is 36.5 Å². The highest BCUT2D eigenvalue weighted by molar-refractivity contribution is 5.76. The van der Waals surface area contributed by atoms with Crippen molar-refractivity contribution in [1.82, 2.24) is 5.32 Å². The van der Waals surface area contributed by atoms with Crippen molar-refractivity contribution in [2.45, 2.75) is 396 Å². The summed E-state index contributed by atoms with van der Waals surface area (Å²) in [5, 5.41) is 87.3. The van der Waals surface area contributed by atoms with Crippen LogP contribution in [0.3, 0.4) is 0 Å². The highest BCUT2D eigenvalue weighted by Crippen LogP contribution is 2.30. The summed E-state index contributed by atoms with van der Waals surface area (Å²) >= 11 is 0. The Morgan fingerprint density at radius 3 is 1.14 bits per heavy atom. The summed E-state index contributed by atoms with van der Waals surface area (Å²) in [6.45, 7) is 2.82. The fraction of sp³-hybridized carbons (Fsp3) is 0.903. The van der Waals surface area contributed by atoms with Crippen molar-refractivity contribution in [1.29, 1.82) is 0 Å². The van der Waals surface area contributed by atoms with Crippen molar-refractivity contribution in [3.05, 3.63) is 36.5 Å². The Labute approximate surface area is 525 Å². The summed E-state index contributed by atoms with van der Waals surface area (Å²) in [6.07, 6.45) is 56.5. The molecule has 0 radical (unpaired) electrons. The van der Waals surface area contributed by atoms with E-state index in [2.05, 4.69) is 43.5 Å². The molecule has 86 heavy (non-hydrogen) atoms. The third-order valence-electron chi connectivity index (χ3n) is 17.8. The van der Waals surface area contributed by atoms with Gasteiger partial charge in [0.15, 0.2) is 12.6 Å². The Morgan fingerprint density at radius 1 is 0.407 bits per heavy atom. The number of rotatable bonds is 60. The van der Waals surface area contributed by atoms with Crippen LogP contribution < -0.4 is 5.32 Å². The van der Waals surface area contributed by atoms with E-state index in [0.717, 1.165) is 32.1 Å². The van der Waals surface area contributed by atoms with Gasteiger partial charge in [0.2, 0.25) is 5.91 Å². The number of ether oxygens (including phenoxy) is 4. The van der Waals surface area contributed by atoms with Gasteiger partial charge in [-0.15, -0.1) is 0 Å². The molecule has 0 bridgehead atoms.